The van der Waals surface area contributed by atoms with Crippen LogP contribution in [-0.2, 0) is 0 Å². The normalized spacial score (nSPS) is 10.5. The number of Topliss-reactive ketones (excluding diaryl/α,β-unsaturated/α-hetero) is 1. The lowest BCUT2D eigenvalue weighted by Crippen LogP contribution is -2.05. The van der Waals surface area contributed by atoms with Crippen molar-refractivity contribution in [3.63, 3.8) is 0 Å². The van der Waals surface area contributed by atoms with Crippen molar-refractivity contribution in [3.05, 3.63) is 33.4 Å². The minimum atomic E-state index is 0.250. The lowest BCUT2D eigenvalue weighted by molar-refractivity contribution is 0.0967. The Labute approximate surface area is 92.7 Å². The van der Waals surface area contributed by atoms with Crippen molar-refractivity contribution in [3.8, 4) is 0 Å². The van der Waals surface area contributed by atoms with Gasteiger partial charge in [0.05, 0.1) is 0 Å². The largest absolute Gasteiger partial charge is 0.294 e. The molecule has 13 heavy (non-hydrogen) atoms. The number of ketones is 1. The summed E-state index contributed by atoms with van der Waals surface area (Å²) < 4.78 is 1.05. The predicted octanol–water partition coefficient (Wildman–Crippen LogP) is 3.52. The Morgan fingerprint density at radius 2 is 2.00 bits per heavy atom. The van der Waals surface area contributed by atoms with Gasteiger partial charge in [0.15, 0.2) is 5.78 Å². The number of benzene rings is 1. The predicted molar refractivity (Wildman–Crippen MR) is 62.9 cm³/mol. The van der Waals surface area contributed by atoms with Crippen LogP contribution in [0.2, 0.25) is 0 Å². The van der Waals surface area contributed by atoms with E-state index in [-0.39, 0.29) is 5.78 Å². The monoisotopic (exact) mass is 288 g/mol. The summed E-state index contributed by atoms with van der Waals surface area (Å²) >= 11 is 2.20. The Hall–Kier alpha value is -0.380. The number of hydrogen-bond donors (Lipinski definition) is 0. The molecule has 0 aliphatic carbocycles. The van der Waals surface area contributed by atoms with Crippen LogP contribution < -0.4 is 0 Å². The van der Waals surface area contributed by atoms with Crippen LogP contribution in [-0.4, -0.2) is 5.78 Å². The van der Waals surface area contributed by atoms with Gasteiger partial charge in [0.1, 0.15) is 0 Å². The van der Waals surface area contributed by atoms with Crippen LogP contribution in [0.1, 0.15) is 30.6 Å². The summed E-state index contributed by atoms with van der Waals surface area (Å²) in [7, 11) is 0. The van der Waals surface area contributed by atoms with Crippen molar-refractivity contribution in [2.45, 2.75) is 20.3 Å². The lowest BCUT2D eigenvalue weighted by atomic mass is 10.0. The van der Waals surface area contributed by atoms with Crippen LogP contribution in [0.5, 0.6) is 0 Å². The molecule has 0 aromatic heterocycles. The zero-order valence-corrected chi connectivity index (χ0v) is 10.0. The standard InChI is InChI=1S/C11H13IO/c1-8(2)7-11(13)9-5-3-4-6-10(9)12/h3-6,8H,7H2,1-2H3. The summed E-state index contributed by atoms with van der Waals surface area (Å²) in [6, 6.07) is 7.73. The highest BCUT2D eigenvalue weighted by Crippen LogP contribution is 2.15. The molecular formula is C11H13IO. The molecule has 0 unspecified atom stereocenters. The van der Waals surface area contributed by atoms with Crippen molar-refractivity contribution in [2.24, 2.45) is 5.92 Å². The minimum absolute atomic E-state index is 0.250. The molecule has 0 aliphatic heterocycles. The van der Waals surface area contributed by atoms with Crippen LogP contribution >= 0.6 is 22.6 Å². The first-order chi connectivity index (χ1) is 6.11. The van der Waals surface area contributed by atoms with Gasteiger partial charge in [0, 0.05) is 15.6 Å². The Balaban J connectivity index is 2.83. The van der Waals surface area contributed by atoms with Gasteiger partial charge in [-0.2, -0.15) is 0 Å². The molecule has 0 aliphatic rings. The van der Waals surface area contributed by atoms with Crippen LogP contribution in [0.4, 0.5) is 0 Å². The van der Waals surface area contributed by atoms with E-state index >= 15 is 0 Å². The van der Waals surface area contributed by atoms with Crippen LogP contribution in [0, 0.1) is 9.49 Å². The molecule has 70 valence electrons. The summed E-state index contributed by atoms with van der Waals surface area (Å²) in [6.07, 6.45) is 0.639. The maximum Gasteiger partial charge on any atom is 0.164 e. The number of halogens is 1. The molecule has 0 saturated heterocycles. The van der Waals surface area contributed by atoms with Crippen LogP contribution in [0.15, 0.2) is 24.3 Å². The minimum Gasteiger partial charge on any atom is -0.294 e. The third kappa shape index (κ3) is 3.10. The average molecular weight is 288 g/mol. The summed E-state index contributed by atoms with van der Waals surface area (Å²) in [4.78, 5) is 11.7. The Morgan fingerprint density at radius 3 is 2.54 bits per heavy atom. The molecule has 0 saturated carbocycles. The fraction of sp³-hybridized carbons (Fsp3) is 0.364. The Kier molecular flexibility index (Phi) is 3.90. The summed E-state index contributed by atoms with van der Waals surface area (Å²) in [6.45, 7) is 4.13. The van der Waals surface area contributed by atoms with Crippen molar-refractivity contribution in [1.82, 2.24) is 0 Å². The topological polar surface area (TPSA) is 17.1 Å². The molecule has 1 aromatic carbocycles. The molecule has 0 amide bonds. The van der Waals surface area contributed by atoms with Gasteiger partial charge in [0.2, 0.25) is 0 Å². The maximum absolute atomic E-state index is 11.7. The van der Waals surface area contributed by atoms with Crippen molar-refractivity contribution in [2.75, 3.05) is 0 Å². The summed E-state index contributed by atoms with van der Waals surface area (Å²) in [5.41, 5.74) is 0.858. The van der Waals surface area contributed by atoms with E-state index in [0.717, 1.165) is 9.13 Å². The zero-order chi connectivity index (χ0) is 9.84. The molecule has 0 spiro atoms. The second-order valence-corrected chi connectivity index (χ2v) is 4.66. The van der Waals surface area contributed by atoms with E-state index in [0.29, 0.717) is 12.3 Å². The van der Waals surface area contributed by atoms with E-state index in [1.807, 2.05) is 24.3 Å². The molecule has 2 heteroatoms. The fourth-order valence-corrected chi connectivity index (χ4v) is 1.86. The van der Waals surface area contributed by atoms with E-state index in [9.17, 15) is 4.79 Å². The first-order valence-corrected chi connectivity index (χ1v) is 5.47. The molecule has 1 nitrogen and oxygen atoms in total. The summed E-state index contributed by atoms with van der Waals surface area (Å²) in [5, 5.41) is 0. The van der Waals surface area contributed by atoms with Gasteiger partial charge in [-0.05, 0) is 34.6 Å². The highest BCUT2D eigenvalue weighted by molar-refractivity contribution is 14.1. The second-order valence-electron chi connectivity index (χ2n) is 3.50. The van der Waals surface area contributed by atoms with Crippen molar-refractivity contribution >= 4 is 28.4 Å². The van der Waals surface area contributed by atoms with Gasteiger partial charge in [-0.1, -0.05) is 32.0 Å². The molecule has 0 heterocycles. The number of carbonyl (C=O) groups excluding carboxylic acids is 1. The fourth-order valence-electron chi connectivity index (χ4n) is 1.17. The van der Waals surface area contributed by atoms with Gasteiger partial charge in [-0.25, -0.2) is 0 Å². The van der Waals surface area contributed by atoms with Gasteiger partial charge in [-0.3, -0.25) is 4.79 Å². The van der Waals surface area contributed by atoms with Gasteiger partial charge in [-0.15, -0.1) is 0 Å². The molecule has 0 atom stereocenters. The van der Waals surface area contributed by atoms with Gasteiger partial charge < -0.3 is 0 Å². The van der Waals surface area contributed by atoms with E-state index in [1.165, 1.54) is 0 Å². The quantitative estimate of drug-likeness (QED) is 0.614. The molecule has 0 fully saturated rings. The lowest BCUT2D eigenvalue weighted by Gasteiger charge is -2.05. The van der Waals surface area contributed by atoms with Crippen molar-refractivity contribution < 1.29 is 4.79 Å². The number of rotatable bonds is 3. The number of carbonyl (C=O) groups is 1. The molecule has 0 N–H and O–H groups in total. The van der Waals surface area contributed by atoms with Crippen LogP contribution in [0.25, 0.3) is 0 Å². The molecule has 0 bridgehead atoms. The maximum atomic E-state index is 11.7. The average Bonchev–Trinajstić information content (AvgIpc) is 2.03. The smallest absolute Gasteiger partial charge is 0.164 e. The highest BCUT2D eigenvalue weighted by Gasteiger charge is 2.10. The van der Waals surface area contributed by atoms with E-state index in [2.05, 4.69) is 36.4 Å². The van der Waals surface area contributed by atoms with Gasteiger partial charge in [0.25, 0.3) is 0 Å². The molecular weight excluding hydrogens is 275 g/mol. The molecule has 0 radical (unpaired) electrons. The van der Waals surface area contributed by atoms with Crippen molar-refractivity contribution in [1.29, 1.82) is 0 Å². The summed E-state index contributed by atoms with van der Waals surface area (Å²) in [5.74, 6) is 0.684. The van der Waals surface area contributed by atoms with E-state index < -0.39 is 0 Å². The zero-order valence-electron chi connectivity index (χ0n) is 7.88. The van der Waals surface area contributed by atoms with E-state index in [4.69, 9.17) is 0 Å². The van der Waals surface area contributed by atoms with Crippen LogP contribution in [0.3, 0.4) is 0 Å². The van der Waals surface area contributed by atoms with E-state index in [1.54, 1.807) is 0 Å². The number of hydrogen-bond acceptors (Lipinski definition) is 1. The molecule has 1 aromatic rings. The SMILES string of the molecule is CC(C)CC(=O)c1ccccc1I. The Morgan fingerprint density at radius 1 is 1.38 bits per heavy atom. The third-order valence-electron chi connectivity index (χ3n) is 1.77. The first kappa shape index (κ1) is 10.7. The third-order valence-corrected chi connectivity index (χ3v) is 2.71. The second kappa shape index (κ2) is 4.74. The highest BCUT2D eigenvalue weighted by atomic mass is 127. The first-order valence-electron chi connectivity index (χ1n) is 4.39. The Bertz CT molecular complexity index is 305. The van der Waals surface area contributed by atoms with Gasteiger partial charge >= 0.3 is 0 Å². The molecule has 1 rings (SSSR count).